The van der Waals surface area contributed by atoms with Crippen LogP contribution in [0.1, 0.15) is 31.1 Å². The van der Waals surface area contributed by atoms with E-state index in [2.05, 4.69) is 5.10 Å². The Morgan fingerprint density at radius 3 is 3.06 bits per heavy atom. The first-order valence-electron chi connectivity index (χ1n) is 5.39. The lowest BCUT2D eigenvalue weighted by molar-refractivity contribution is -0.386. The molecule has 0 amide bonds. The molecule has 0 radical (unpaired) electrons. The van der Waals surface area contributed by atoms with Gasteiger partial charge in [-0.25, -0.2) is 0 Å². The number of ether oxygens (including phenoxy) is 1. The van der Waals surface area contributed by atoms with Crippen LogP contribution in [-0.4, -0.2) is 27.1 Å². The predicted molar refractivity (Wildman–Crippen MR) is 57.4 cm³/mol. The highest BCUT2D eigenvalue weighted by Crippen LogP contribution is 2.31. The predicted octanol–water partition coefficient (Wildman–Crippen LogP) is 1.14. The highest BCUT2D eigenvalue weighted by atomic mass is 16.6. The van der Waals surface area contributed by atoms with E-state index < -0.39 is 11.0 Å². The molecular weight excluding hydrogens is 226 g/mol. The molecule has 0 saturated carbocycles. The monoisotopic (exact) mass is 239 g/mol. The second-order valence-electron chi connectivity index (χ2n) is 3.98. The number of nitro groups is 1. The fourth-order valence-electron chi connectivity index (χ4n) is 1.98. The van der Waals surface area contributed by atoms with E-state index in [4.69, 9.17) is 4.74 Å². The molecule has 1 aromatic rings. The molecular formula is C10H13N3O4. The maximum Gasteiger partial charge on any atom is 0.312 e. The highest BCUT2D eigenvalue weighted by Gasteiger charge is 2.29. The van der Waals surface area contributed by atoms with Crippen LogP contribution in [-0.2, 0) is 16.6 Å². The zero-order valence-electron chi connectivity index (χ0n) is 9.46. The molecule has 2 heterocycles. The molecule has 1 saturated heterocycles. The molecule has 2 rings (SSSR count). The number of aromatic nitrogens is 2. The summed E-state index contributed by atoms with van der Waals surface area (Å²) in [6.45, 7) is 0.311. The summed E-state index contributed by atoms with van der Waals surface area (Å²) >= 11 is 0. The van der Waals surface area contributed by atoms with Gasteiger partial charge in [0.05, 0.1) is 11.5 Å². The van der Waals surface area contributed by atoms with Gasteiger partial charge in [0.1, 0.15) is 23.8 Å². The maximum atomic E-state index is 11.3. The van der Waals surface area contributed by atoms with Crippen molar-refractivity contribution in [3.8, 4) is 0 Å². The zero-order valence-corrected chi connectivity index (χ0v) is 9.46. The van der Waals surface area contributed by atoms with Crippen molar-refractivity contribution in [1.29, 1.82) is 0 Å². The first-order valence-corrected chi connectivity index (χ1v) is 5.39. The first kappa shape index (κ1) is 11.7. The molecule has 0 unspecified atom stereocenters. The fraction of sp³-hybridized carbons (Fsp3) is 0.600. The Morgan fingerprint density at radius 1 is 1.59 bits per heavy atom. The summed E-state index contributed by atoms with van der Waals surface area (Å²) in [4.78, 5) is 21.6. The quantitative estimate of drug-likeness (QED) is 0.570. The maximum absolute atomic E-state index is 11.3. The minimum absolute atomic E-state index is 0.0492. The molecule has 1 fully saturated rings. The van der Waals surface area contributed by atoms with Crippen LogP contribution < -0.4 is 0 Å². The van der Waals surface area contributed by atoms with Gasteiger partial charge in [-0.2, -0.15) is 5.10 Å². The number of carbonyl (C=O) groups is 1. The molecule has 0 bridgehead atoms. The Hall–Kier alpha value is -1.76. The van der Waals surface area contributed by atoms with Crippen LogP contribution in [0, 0.1) is 10.1 Å². The van der Waals surface area contributed by atoms with Crippen molar-refractivity contribution in [2.45, 2.75) is 25.4 Å². The average Bonchev–Trinajstić information content (AvgIpc) is 2.52. The molecule has 1 aromatic heterocycles. The van der Waals surface area contributed by atoms with Crippen molar-refractivity contribution in [3.05, 3.63) is 22.0 Å². The van der Waals surface area contributed by atoms with Gasteiger partial charge in [-0.3, -0.25) is 19.6 Å². The van der Waals surface area contributed by atoms with Crippen molar-refractivity contribution in [2.75, 3.05) is 6.61 Å². The number of Topliss-reactive ketones (excluding diaryl/α,β-unsaturated/α-hetero) is 1. The van der Waals surface area contributed by atoms with Crippen LogP contribution in [0.15, 0.2) is 6.20 Å². The number of hydrogen-bond acceptors (Lipinski definition) is 5. The minimum atomic E-state index is -0.474. The number of hydrogen-bond donors (Lipinski definition) is 0. The lowest BCUT2D eigenvalue weighted by Crippen LogP contribution is -2.10. The summed E-state index contributed by atoms with van der Waals surface area (Å²) in [7, 11) is 1.64. The van der Waals surface area contributed by atoms with Crippen LogP contribution in [0.2, 0.25) is 0 Å². The largest absolute Gasteiger partial charge is 0.371 e. The van der Waals surface area contributed by atoms with Crippen molar-refractivity contribution in [1.82, 2.24) is 9.78 Å². The molecule has 0 aromatic carbocycles. The molecule has 1 atom stereocenters. The summed E-state index contributed by atoms with van der Waals surface area (Å²) in [5.74, 6) is 0.136. The van der Waals surface area contributed by atoms with Gasteiger partial charge in [-0.15, -0.1) is 0 Å². The Balaban J connectivity index is 2.29. The molecule has 0 aliphatic carbocycles. The van der Waals surface area contributed by atoms with Crippen LogP contribution in [0.25, 0.3) is 0 Å². The van der Waals surface area contributed by atoms with E-state index in [-0.39, 0.29) is 11.5 Å². The van der Waals surface area contributed by atoms with Gasteiger partial charge in [0, 0.05) is 19.9 Å². The number of carbonyl (C=O) groups excluding carboxylic acids is 1. The van der Waals surface area contributed by atoms with Crippen LogP contribution in [0.4, 0.5) is 5.69 Å². The van der Waals surface area contributed by atoms with E-state index in [1.54, 1.807) is 7.05 Å². The van der Waals surface area contributed by atoms with Crippen LogP contribution in [0.3, 0.4) is 0 Å². The van der Waals surface area contributed by atoms with E-state index in [1.165, 1.54) is 10.9 Å². The third kappa shape index (κ3) is 2.33. The van der Waals surface area contributed by atoms with E-state index in [9.17, 15) is 14.9 Å². The molecule has 7 heteroatoms. The standard InChI is InChI=1S/C10H13N3O4/c1-12-10(8(6-11-12)13(15)16)9-3-2-7(14)4-5-17-9/h6,9H,2-5H2,1H3/t9-/m1/s1. The van der Waals surface area contributed by atoms with Gasteiger partial charge >= 0.3 is 5.69 Å². The van der Waals surface area contributed by atoms with E-state index in [1.807, 2.05) is 0 Å². The Morgan fingerprint density at radius 2 is 2.35 bits per heavy atom. The Bertz CT molecular complexity index is 454. The topological polar surface area (TPSA) is 87.3 Å². The van der Waals surface area contributed by atoms with Gasteiger partial charge in [0.25, 0.3) is 0 Å². The third-order valence-corrected chi connectivity index (χ3v) is 2.85. The molecule has 1 aliphatic heterocycles. The highest BCUT2D eigenvalue weighted by molar-refractivity contribution is 5.78. The van der Waals surface area contributed by atoms with Crippen molar-refractivity contribution >= 4 is 11.5 Å². The summed E-state index contributed by atoms with van der Waals surface area (Å²) in [6.07, 6.45) is 2.04. The molecule has 0 N–H and O–H groups in total. The summed E-state index contributed by atoms with van der Waals surface area (Å²) < 4.78 is 6.95. The van der Waals surface area contributed by atoms with E-state index >= 15 is 0 Å². The normalized spacial score (nSPS) is 21.2. The molecule has 1 aliphatic rings. The van der Waals surface area contributed by atoms with E-state index in [0.717, 1.165) is 0 Å². The Kier molecular flexibility index (Phi) is 3.19. The summed E-state index contributed by atoms with van der Waals surface area (Å²) in [6, 6.07) is 0. The fourth-order valence-corrected chi connectivity index (χ4v) is 1.98. The third-order valence-electron chi connectivity index (χ3n) is 2.85. The number of rotatable bonds is 2. The molecule has 17 heavy (non-hydrogen) atoms. The first-order chi connectivity index (χ1) is 8.09. The van der Waals surface area contributed by atoms with Gasteiger partial charge in [0.15, 0.2) is 0 Å². The molecule has 92 valence electrons. The molecule has 7 nitrogen and oxygen atoms in total. The lowest BCUT2D eigenvalue weighted by Gasteiger charge is -2.13. The van der Waals surface area contributed by atoms with Crippen LogP contribution >= 0.6 is 0 Å². The second kappa shape index (κ2) is 4.62. The summed E-state index contributed by atoms with van der Waals surface area (Å²) in [5.41, 5.74) is 0.386. The lowest BCUT2D eigenvalue weighted by atomic mass is 10.1. The van der Waals surface area contributed by atoms with Gasteiger partial charge < -0.3 is 4.74 Å². The zero-order chi connectivity index (χ0) is 12.4. The van der Waals surface area contributed by atoms with Crippen LogP contribution in [0.5, 0.6) is 0 Å². The van der Waals surface area contributed by atoms with Crippen molar-refractivity contribution < 1.29 is 14.5 Å². The van der Waals surface area contributed by atoms with E-state index in [0.29, 0.717) is 31.6 Å². The number of aryl methyl sites for hydroxylation is 1. The number of ketones is 1. The van der Waals surface area contributed by atoms with Gasteiger partial charge in [-0.1, -0.05) is 0 Å². The number of nitrogens with zero attached hydrogens (tertiary/aromatic N) is 3. The Labute approximate surface area is 97.5 Å². The SMILES string of the molecule is Cn1ncc([N+](=O)[O-])c1[C@H]1CCC(=O)CCO1. The molecule has 0 spiro atoms. The van der Waals surface area contributed by atoms with Gasteiger partial charge in [0.2, 0.25) is 0 Å². The van der Waals surface area contributed by atoms with Gasteiger partial charge in [-0.05, 0) is 6.42 Å². The van der Waals surface area contributed by atoms with Crippen molar-refractivity contribution in [2.24, 2.45) is 7.05 Å². The average molecular weight is 239 g/mol. The summed E-state index contributed by atoms with van der Waals surface area (Å²) in [5, 5.41) is 14.7. The smallest absolute Gasteiger partial charge is 0.312 e. The van der Waals surface area contributed by atoms with Crippen molar-refractivity contribution in [3.63, 3.8) is 0 Å². The minimum Gasteiger partial charge on any atom is -0.371 e. The second-order valence-corrected chi connectivity index (χ2v) is 3.98.